The van der Waals surface area contributed by atoms with Gasteiger partial charge in [-0.05, 0) is 50.9 Å². The summed E-state index contributed by atoms with van der Waals surface area (Å²) < 4.78 is 47.0. The predicted molar refractivity (Wildman–Crippen MR) is 188 cm³/mol. The van der Waals surface area contributed by atoms with E-state index in [1.54, 1.807) is 4.90 Å². The normalized spacial score (nSPS) is 19.2. The quantitative estimate of drug-likeness (QED) is 0.340. The molecule has 1 saturated heterocycles. The number of benzene rings is 2. The molecule has 1 fully saturated rings. The third-order valence-electron chi connectivity index (χ3n) is 9.48. The summed E-state index contributed by atoms with van der Waals surface area (Å²) >= 11 is 0. The SMILES string of the molecule is C[C@H]1C(=O)CCCCOc2cc3c(ncnc3cc2OCCCN2CCN(C(=O)CCS(C)(=O)=O)CC2)Nc2c(ccc3c2OCO3)CN1C. The minimum Gasteiger partial charge on any atom is -0.490 e. The Labute approximate surface area is 292 Å². The number of carbonyl (C=O) groups excluding carboxylic acids is 2. The van der Waals surface area contributed by atoms with Gasteiger partial charge in [-0.2, -0.15) is 0 Å². The van der Waals surface area contributed by atoms with Crippen LogP contribution in [0.15, 0.2) is 30.6 Å². The predicted octanol–water partition coefficient (Wildman–Crippen LogP) is 3.40. The Hall–Kier alpha value is -4.21. The highest BCUT2D eigenvalue weighted by atomic mass is 32.2. The Morgan fingerprint density at radius 3 is 2.68 bits per heavy atom. The fourth-order valence-electron chi connectivity index (χ4n) is 6.36. The lowest BCUT2D eigenvalue weighted by atomic mass is 10.0. The number of anilines is 2. The van der Waals surface area contributed by atoms with E-state index in [4.69, 9.17) is 18.9 Å². The van der Waals surface area contributed by atoms with Crippen LogP contribution in [-0.4, -0.2) is 123 Å². The molecule has 0 unspecified atom stereocenters. The standard InChI is InChI=1S/C35H46N6O8S/c1-24-28(42)7-4-5-16-46-30-19-26-27(36-22-37-35(26)38-33-25(21-39(24)2)8-9-29-34(33)49-23-48-29)20-31(30)47-17-6-11-40-12-14-41(15-13-40)32(43)10-18-50(3,44)45/h8-9,19-20,22,24H,4-7,10-18,21,23H2,1-3H3,(H,36,37,38)/t24-/m0/s1. The van der Waals surface area contributed by atoms with Crippen LogP contribution in [0.3, 0.4) is 0 Å². The molecular weight excluding hydrogens is 664 g/mol. The molecule has 4 heterocycles. The number of sulfone groups is 1. The second kappa shape index (κ2) is 15.8. The van der Waals surface area contributed by atoms with Crippen molar-refractivity contribution in [3.05, 3.63) is 36.2 Å². The summed E-state index contributed by atoms with van der Waals surface area (Å²) in [6, 6.07) is 7.38. The molecule has 1 N–H and O–H groups in total. The second-order valence-electron chi connectivity index (χ2n) is 13.2. The molecule has 270 valence electrons. The molecule has 0 spiro atoms. The first kappa shape index (κ1) is 35.6. The zero-order valence-electron chi connectivity index (χ0n) is 29.0. The van der Waals surface area contributed by atoms with Crippen LogP contribution < -0.4 is 24.3 Å². The summed E-state index contributed by atoms with van der Waals surface area (Å²) in [6.45, 7) is 6.84. The van der Waals surface area contributed by atoms with Crippen LogP contribution in [0.1, 0.15) is 44.6 Å². The first-order valence-corrected chi connectivity index (χ1v) is 19.3. The van der Waals surface area contributed by atoms with E-state index in [0.717, 1.165) is 48.9 Å². The highest BCUT2D eigenvalue weighted by molar-refractivity contribution is 7.90. The van der Waals surface area contributed by atoms with Crippen molar-refractivity contribution in [3.63, 3.8) is 0 Å². The van der Waals surface area contributed by atoms with Crippen LogP contribution in [0.2, 0.25) is 0 Å². The first-order chi connectivity index (χ1) is 24.1. The number of carbonyl (C=O) groups is 2. The van der Waals surface area contributed by atoms with Crippen LogP contribution in [-0.2, 0) is 26.0 Å². The van der Waals surface area contributed by atoms with Gasteiger partial charge in [-0.25, -0.2) is 18.4 Å². The van der Waals surface area contributed by atoms with Crippen molar-refractivity contribution in [2.45, 2.75) is 51.6 Å². The number of nitrogens with zero attached hydrogens (tertiary/aromatic N) is 5. The van der Waals surface area contributed by atoms with E-state index in [1.165, 1.54) is 6.33 Å². The molecule has 1 atom stereocenters. The molecule has 14 nitrogen and oxygen atoms in total. The van der Waals surface area contributed by atoms with Gasteiger partial charge in [0.25, 0.3) is 0 Å². The number of rotatable bonds is 8. The maximum Gasteiger partial charge on any atom is 0.231 e. The van der Waals surface area contributed by atoms with E-state index in [2.05, 4.69) is 20.2 Å². The summed E-state index contributed by atoms with van der Waals surface area (Å²) in [5.41, 5.74) is 2.34. The van der Waals surface area contributed by atoms with Crippen LogP contribution in [0.4, 0.5) is 11.5 Å². The lowest BCUT2D eigenvalue weighted by Gasteiger charge is -2.34. The number of nitrogens with one attached hydrogen (secondary N) is 1. The van der Waals surface area contributed by atoms with Gasteiger partial charge < -0.3 is 29.2 Å². The number of fused-ring (bicyclic) bond motifs is 4. The molecule has 0 aliphatic carbocycles. The zero-order chi connectivity index (χ0) is 35.3. The van der Waals surface area contributed by atoms with Gasteiger partial charge in [0, 0.05) is 69.8 Å². The Kier molecular flexibility index (Phi) is 11.2. The molecule has 6 rings (SSSR count). The second-order valence-corrected chi connectivity index (χ2v) is 15.4. The Balaban J connectivity index is 1.16. The number of ketones is 1. The average Bonchev–Trinajstić information content (AvgIpc) is 3.58. The highest BCUT2D eigenvalue weighted by Crippen LogP contribution is 2.44. The van der Waals surface area contributed by atoms with E-state index in [-0.39, 0.29) is 36.7 Å². The topological polar surface area (TPSA) is 153 Å². The number of piperazine rings is 1. The molecule has 2 aromatic carbocycles. The molecule has 3 aromatic rings. The number of aromatic nitrogens is 2. The maximum absolute atomic E-state index is 13.1. The molecule has 1 amide bonds. The van der Waals surface area contributed by atoms with Gasteiger partial charge in [0.2, 0.25) is 12.7 Å². The largest absolute Gasteiger partial charge is 0.490 e. The molecule has 3 aliphatic rings. The van der Waals surface area contributed by atoms with Gasteiger partial charge in [0.15, 0.2) is 23.0 Å². The van der Waals surface area contributed by atoms with Crippen molar-refractivity contribution in [3.8, 4) is 23.0 Å². The Morgan fingerprint density at radius 2 is 1.88 bits per heavy atom. The average molecular weight is 711 g/mol. The van der Waals surface area contributed by atoms with E-state index >= 15 is 0 Å². The van der Waals surface area contributed by atoms with Crippen LogP contribution in [0.5, 0.6) is 23.0 Å². The molecule has 0 radical (unpaired) electrons. The molecule has 0 saturated carbocycles. The molecular formula is C35H46N6O8S. The fourth-order valence-corrected chi connectivity index (χ4v) is 6.90. The Morgan fingerprint density at radius 1 is 1.06 bits per heavy atom. The number of hydrogen-bond acceptors (Lipinski definition) is 13. The summed E-state index contributed by atoms with van der Waals surface area (Å²) in [4.78, 5) is 40.7. The van der Waals surface area contributed by atoms with Crippen molar-refractivity contribution in [2.75, 3.05) is 77.1 Å². The lowest BCUT2D eigenvalue weighted by molar-refractivity contribution is -0.132. The lowest BCUT2D eigenvalue weighted by Crippen LogP contribution is -2.49. The van der Waals surface area contributed by atoms with Gasteiger partial charge >= 0.3 is 0 Å². The van der Waals surface area contributed by atoms with Crippen molar-refractivity contribution in [2.24, 2.45) is 0 Å². The molecule has 50 heavy (non-hydrogen) atoms. The number of likely N-dealkylation sites (N-methyl/N-ethyl adjacent to an activating group) is 1. The smallest absolute Gasteiger partial charge is 0.231 e. The van der Waals surface area contributed by atoms with Crippen LogP contribution in [0, 0.1) is 0 Å². The van der Waals surface area contributed by atoms with Gasteiger partial charge in [0.1, 0.15) is 27.8 Å². The fraction of sp³-hybridized carbons (Fsp3) is 0.543. The first-order valence-electron chi connectivity index (χ1n) is 17.2. The van der Waals surface area contributed by atoms with E-state index in [9.17, 15) is 18.0 Å². The van der Waals surface area contributed by atoms with Gasteiger partial charge in [0.05, 0.1) is 36.2 Å². The van der Waals surface area contributed by atoms with Crippen molar-refractivity contribution >= 4 is 43.9 Å². The molecule has 1 aromatic heterocycles. The minimum atomic E-state index is -3.17. The number of Topliss-reactive ketones (excluding diaryl/α,β-unsaturated/α-hetero) is 1. The van der Waals surface area contributed by atoms with Crippen molar-refractivity contribution in [1.29, 1.82) is 0 Å². The zero-order valence-corrected chi connectivity index (χ0v) is 29.8. The van der Waals surface area contributed by atoms with E-state index in [1.807, 2.05) is 43.1 Å². The van der Waals surface area contributed by atoms with Crippen molar-refractivity contribution in [1.82, 2.24) is 24.7 Å². The third-order valence-corrected chi connectivity index (χ3v) is 10.4. The van der Waals surface area contributed by atoms with Crippen molar-refractivity contribution < 1.29 is 37.0 Å². The van der Waals surface area contributed by atoms with Crippen LogP contribution in [0.25, 0.3) is 10.9 Å². The molecule has 15 heteroatoms. The minimum absolute atomic E-state index is 0.0267. The van der Waals surface area contributed by atoms with E-state index < -0.39 is 9.84 Å². The van der Waals surface area contributed by atoms with Gasteiger partial charge in [-0.1, -0.05) is 6.07 Å². The monoisotopic (exact) mass is 710 g/mol. The maximum atomic E-state index is 13.1. The third kappa shape index (κ3) is 8.74. The summed E-state index contributed by atoms with van der Waals surface area (Å²) in [7, 11) is -1.22. The summed E-state index contributed by atoms with van der Waals surface area (Å²) in [5.74, 6) is 2.90. The molecule has 2 bridgehead atoms. The summed E-state index contributed by atoms with van der Waals surface area (Å²) in [6.07, 6.45) is 5.33. The number of amides is 1. The van der Waals surface area contributed by atoms with E-state index in [0.29, 0.717) is 86.4 Å². The Bertz CT molecular complexity index is 1810. The van der Waals surface area contributed by atoms with Crippen LogP contribution >= 0.6 is 0 Å². The highest BCUT2D eigenvalue weighted by Gasteiger charge is 2.26. The number of hydrogen-bond donors (Lipinski definition) is 1. The van der Waals surface area contributed by atoms with Gasteiger partial charge in [-0.3, -0.25) is 19.4 Å². The summed E-state index contributed by atoms with van der Waals surface area (Å²) in [5, 5.41) is 4.25. The van der Waals surface area contributed by atoms with Gasteiger partial charge in [-0.15, -0.1) is 0 Å². The number of ether oxygens (including phenoxy) is 4. The molecule has 3 aliphatic heterocycles.